The molecule has 0 aliphatic carbocycles. The lowest BCUT2D eigenvalue weighted by Crippen LogP contribution is -2.33. The fraction of sp³-hybridized carbons (Fsp3) is 0.625. The Hall–Kier alpha value is -1.00. The van der Waals surface area contributed by atoms with E-state index in [4.69, 9.17) is 0 Å². The van der Waals surface area contributed by atoms with Crippen molar-refractivity contribution in [2.45, 2.75) is 29.1 Å². The molecule has 0 radical (unpaired) electrons. The van der Waals surface area contributed by atoms with Gasteiger partial charge in [-0.1, -0.05) is 12.1 Å². The van der Waals surface area contributed by atoms with Crippen LogP contribution in [-0.2, 0) is 20.0 Å². The third kappa shape index (κ3) is 3.61. The third-order valence-electron chi connectivity index (χ3n) is 4.89. The Labute approximate surface area is 150 Å². The molecular formula is C16H25N3O4S2. The van der Waals surface area contributed by atoms with Crippen LogP contribution in [0.5, 0.6) is 0 Å². The van der Waals surface area contributed by atoms with E-state index in [9.17, 15) is 16.8 Å². The van der Waals surface area contributed by atoms with Gasteiger partial charge >= 0.3 is 0 Å². The number of nitrogens with zero attached hydrogens (tertiary/aromatic N) is 2. The topological polar surface area (TPSA) is 86.8 Å². The van der Waals surface area contributed by atoms with Crippen molar-refractivity contribution in [1.82, 2.24) is 13.9 Å². The van der Waals surface area contributed by atoms with Crippen molar-refractivity contribution in [1.29, 1.82) is 0 Å². The first kappa shape index (κ1) is 18.8. The van der Waals surface area contributed by atoms with Crippen LogP contribution in [0.2, 0.25) is 0 Å². The molecule has 1 aromatic rings. The minimum Gasteiger partial charge on any atom is -0.319 e. The molecule has 0 bridgehead atoms. The summed E-state index contributed by atoms with van der Waals surface area (Å²) in [6.07, 6.45) is 2.40. The van der Waals surface area contributed by atoms with Gasteiger partial charge in [0.15, 0.2) is 0 Å². The van der Waals surface area contributed by atoms with E-state index in [-0.39, 0.29) is 15.7 Å². The molecule has 7 nitrogen and oxygen atoms in total. The van der Waals surface area contributed by atoms with Crippen molar-refractivity contribution in [3.8, 4) is 0 Å². The lowest BCUT2D eigenvalue weighted by Gasteiger charge is -2.21. The average molecular weight is 388 g/mol. The van der Waals surface area contributed by atoms with E-state index >= 15 is 0 Å². The smallest absolute Gasteiger partial charge is 0.244 e. The Morgan fingerprint density at radius 2 is 1.52 bits per heavy atom. The molecule has 1 atom stereocenters. The van der Waals surface area contributed by atoms with Gasteiger partial charge in [-0.3, -0.25) is 0 Å². The first-order valence-electron chi connectivity index (χ1n) is 8.61. The zero-order valence-corrected chi connectivity index (χ0v) is 16.0. The van der Waals surface area contributed by atoms with Gasteiger partial charge in [-0.25, -0.2) is 16.8 Å². The molecule has 0 amide bonds. The molecule has 0 saturated carbocycles. The largest absolute Gasteiger partial charge is 0.319 e. The van der Waals surface area contributed by atoms with Crippen LogP contribution in [0.15, 0.2) is 34.1 Å². The molecule has 140 valence electrons. The van der Waals surface area contributed by atoms with E-state index in [1.54, 1.807) is 12.1 Å². The van der Waals surface area contributed by atoms with Gasteiger partial charge in [0.1, 0.15) is 9.79 Å². The molecule has 1 aromatic carbocycles. The lowest BCUT2D eigenvalue weighted by molar-refractivity contribution is 0.447. The summed E-state index contributed by atoms with van der Waals surface area (Å²) in [7, 11) is -5.78. The summed E-state index contributed by atoms with van der Waals surface area (Å²) in [4.78, 5) is -0.207. The molecule has 2 aliphatic rings. The molecule has 9 heteroatoms. The molecular weight excluding hydrogens is 362 g/mol. The van der Waals surface area contributed by atoms with Crippen molar-refractivity contribution >= 4 is 20.0 Å². The Balaban J connectivity index is 1.95. The molecule has 1 N–H and O–H groups in total. The second-order valence-corrected chi connectivity index (χ2v) is 10.4. The summed E-state index contributed by atoms with van der Waals surface area (Å²) in [6.45, 7) is 2.49. The van der Waals surface area contributed by atoms with Gasteiger partial charge in [-0.05, 0) is 50.9 Å². The molecule has 0 aromatic heterocycles. The monoisotopic (exact) mass is 387 g/mol. The first-order valence-corrected chi connectivity index (χ1v) is 11.5. The molecule has 1 unspecified atom stereocenters. The van der Waals surface area contributed by atoms with E-state index in [1.807, 2.05) is 7.05 Å². The maximum absolute atomic E-state index is 13.1. The summed E-state index contributed by atoms with van der Waals surface area (Å²) in [5.74, 6) is 0.252. The van der Waals surface area contributed by atoms with Gasteiger partial charge in [0.05, 0.1) is 0 Å². The highest BCUT2D eigenvalue weighted by Gasteiger charge is 2.37. The van der Waals surface area contributed by atoms with Crippen LogP contribution in [0, 0.1) is 5.92 Å². The van der Waals surface area contributed by atoms with E-state index in [1.165, 1.54) is 20.7 Å². The van der Waals surface area contributed by atoms with Crippen molar-refractivity contribution in [2.75, 3.05) is 39.8 Å². The zero-order chi connectivity index (χ0) is 18.1. The summed E-state index contributed by atoms with van der Waals surface area (Å²) in [6, 6.07) is 5.97. The Morgan fingerprint density at radius 3 is 2.08 bits per heavy atom. The van der Waals surface area contributed by atoms with Crippen molar-refractivity contribution in [2.24, 2.45) is 5.92 Å². The average Bonchev–Trinajstić information content (AvgIpc) is 3.27. The molecule has 2 saturated heterocycles. The fourth-order valence-corrected chi connectivity index (χ4v) is 7.38. The first-order chi connectivity index (χ1) is 11.9. The van der Waals surface area contributed by atoms with Crippen molar-refractivity contribution in [3.05, 3.63) is 24.3 Å². The number of rotatable bonds is 6. The number of benzene rings is 1. The van der Waals surface area contributed by atoms with Gasteiger partial charge in [-0.2, -0.15) is 8.61 Å². The fourth-order valence-electron chi connectivity index (χ4n) is 3.55. The zero-order valence-electron chi connectivity index (χ0n) is 14.4. The van der Waals surface area contributed by atoms with Crippen LogP contribution in [0.1, 0.15) is 19.3 Å². The predicted octanol–water partition coefficient (Wildman–Crippen LogP) is 0.701. The summed E-state index contributed by atoms with van der Waals surface area (Å²) in [5, 5.41) is 3.07. The number of sulfonamides is 2. The maximum Gasteiger partial charge on any atom is 0.244 e. The number of nitrogens with one attached hydrogen (secondary N) is 1. The number of hydrogen-bond donors (Lipinski definition) is 1. The van der Waals surface area contributed by atoms with Crippen LogP contribution in [0.3, 0.4) is 0 Å². The standard InChI is InChI=1S/C16H25N3O4S2/c1-17-12-14-8-11-19(13-14)25(22,23)16-7-3-2-6-15(16)24(20,21)18-9-4-5-10-18/h2-3,6-7,14,17H,4-5,8-13H2,1H3. The molecule has 2 fully saturated rings. The predicted molar refractivity (Wildman–Crippen MR) is 95.2 cm³/mol. The Kier molecular flexibility index (Phi) is 5.50. The van der Waals surface area contributed by atoms with Crippen LogP contribution in [-0.4, -0.2) is 65.2 Å². The van der Waals surface area contributed by atoms with Gasteiger partial charge in [0, 0.05) is 26.2 Å². The van der Waals surface area contributed by atoms with E-state index < -0.39 is 20.0 Å². The highest BCUT2D eigenvalue weighted by atomic mass is 32.2. The number of hydrogen-bond acceptors (Lipinski definition) is 5. The van der Waals surface area contributed by atoms with Gasteiger partial charge in [0.25, 0.3) is 0 Å². The molecule has 0 spiro atoms. The highest BCUT2D eigenvalue weighted by molar-refractivity contribution is 7.92. The molecule has 2 aliphatic heterocycles. The normalized spacial score (nSPS) is 23.3. The quantitative estimate of drug-likeness (QED) is 0.777. The highest BCUT2D eigenvalue weighted by Crippen LogP contribution is 2.31. The van der Waals surface area contributed by atoms with Crippen molar-refractivity contribution < 1.29 is 16.8 Å². The minimum absolute atomic E-state index is 0.103. The van der Waals surface area contributed by atoms with E-state index in [0.29, 0.717) is 26.2 Å². The SMILES string of the molecule is CNCC1CCN(S(=O)(=O)c2ccccc2S(=O)(=O)N2CCCC2)C1. The summed E-state index contributed by atoms with van der Waals surface area (Å²) in [5.41, 5.74) is 0. The second kappa shape index (κ2) is 7.32. The molecule has 3 rings (SSSR count). The second-order valence-electron chi connectivity index (χ2n) is 6.63. The third-order valence-corrected chi connectivity index (χ3v) is 8.90. The van der Waals surface area contributed by atoms with Crippen molar-refractivity contribution in [3.63, 3.8) is 0 Å². The van der Waals surface area contributed by atoms with E-state index in [2.05, 4.69) is 5.32 Å². The summed E-state index contributed by atoms with van der Waals surface area (Å²) < 4.78 is 54.8. The van der Waals surface area contributed by atoms with E-state index in [0.717, 1.165) is 25.8 Å². The maximum atomic E-state index is 13.1. The Morgan fingerprint density at radius 1 is 0.960 bits per heavy atom. The lowest BCUT2D eigenvalue weighted by atomic mass is 10.1. The summed E-state index contributed by atoms with van der Waals surface area (Å²) >= 11 is 0. The van der Waals surface area contributed by atoms with Gasteiger partial charge < -0.3 is 5.32 Å². The van der Waals surface area contributed by atoms with Crippen LogP contribution in [0.25, 0.3) is 0 Å². The van der Waals surface area contributed by atoms with Crippen LogP contribution >= 0.6 is 0 Å². The van der Waals surface area contributed by atoms with Gasteiger partial charge in [0.2, 0.25) is 20.0 Å². The minimum atomic E-state index is -3.83. The van der Waals surface area contributed by atoms with Crippen LogP contribution < -0.4 is 5.32 Å². The van der Waals surface area contributed by atoms with Crippen LogP contribution in [0.4, 0.5) is 0 Å². The molecule has 2 heterocycles. The van der Waals surface area contributed by atoms with Gasteiger partial charge in [-0.15, -0.1) is 0 Å². The Bertz CT molecular complexity index is 818. The molecule has 25 heavy (non-hydrogen) atoms.